The quantitative estimate of drug-likeness (QED) is 0.849. The minimum Gasteiger partial charge on any atom is -0.388 e. The van der Waals surface area contributed by atoms with Crippen molar-refractivity contribution in [1.82, 2.24) is 15.5 Å². The van der Waals surface area contributed by atoms with Gasteiger partial charge < -0.3 is 14.9 Å². The summed E-state index contributed by atoms with van der Waals surface area (Å²) in [7, 11) is 0. The average Bonchev–Trinajstić information content (AvgIpc) is 3.10. The summed E-state index contributed by atoms with van der Waals surface area (Å²) < 4.78 is 5.13. The Kier molecular flexibility index (Phi) is 4.03. The normalized spacial score (nSPS) is 16.4. The fourth-order valence-corrected chi connectivity index (χ4v) is 2.83. The van der Waals surface area contributed by atoms with Gasteiger partial charge in [0.1, 0.15) is 0 Å². The van der Waals surface area contributed by atoms with E-state index in [1.54, 1.807) is 11.3 Å². The van der Waals surface area contributed by atoms with E-state index in [-0.39, 0.29) is 12.3 Å². The van der Waals surface area contributed by atoms with E-state index in [1.807, 2.05) is 16.8 Å². The lowest BCUT2D eigenvalue weighted by molar-refractivity contribution is -0.123. The molecule has 0 unspecified atom stereocenters. The standard InChI is InChI=1S/C14H17N3O3S/c18-11(15-9-14(19)5-1-6-14)2-3-12-16-13(17-20-12)10-4-7-21-8-10/h4,7-8,19H,1-3,5-6,9H2,(H,15,18). The van der Waals surface area contributed by atoms with Gasteiger partial charge in [-0.1, -0.05) is 5.16 Å². The van der Waals surface area contributed by atoms with Gasteiger partial charge in [-0.15, -0.1) is 0 Å². The van der Waals surface area contributed by atoms with Crippen LogP contribution in [0, 0.1) is 0 Å². The molecule has 1 saturated carbocycles. The molecular formula is C14H17N3O3S. The first kappa shape index (κ1) is 14.2. The molecular weight excluding hydrogens is 290 g/mol. The fourth-order valence-electron chi connectivity index (χ4n) is 2.20. The minimum atomic E-state index is -0.688. The number of carbonyl (C=O) groups is 1. The number of aliphatic hydroxyl groups is 1. The third kappa shape index (κ3) is 3.48. The molecule has 0 spiro atoms. The van der Waals surface area contributed by atoms with Crippen LogP contribution < -0.4 is 5.32 Å². The predicted octanol–water partition coefficient (Wildman–Crippen LogP) is 1.76. The van der Waals surface area contributed by atoms with E-state index in [4.69, 9.17) is 4.52 Å². The molecule has 7 heteroatoms. The Morgan fingerprint density at radius 2 is 2.38 bits per heavy atom. The Balaban J connectivity index is 1.45. The van der Waals surface area contributed by atoms with Crippen LogP contribution in [0.2, 0.25) is 0 Å². The van der Waals surface area contributed by atoms with Gasteiger partial charge in [0.15, 0.2) is 0 Å². The van der Waals surface area contributed by atoms with Gasteiger partial charge in [0.25, 0.3) is 0 Å². The van der Waals surface area contributed by atoms with Gasteiger partial charge >= 0.3 is 0 Å². The van der Waals surface area contributed by atoms with E-state index >= 15 is 0 Å². The SMILES string of the molecule is O=C(CCc1nc(-c2ccsc2)no1)NCC1(O)CCC1. The molecule has 1 aliphatic rings. The van der Waals surface area contributed by atoms with Gasteiger partial charge in [-0.3, -0.25) is 4.79 Å². The highest BCUT2D eigenvalue weighted by molar-refractivity contribution is 7.08. The topological polar surface area (TPSA) is 88.2 Å². The highest BCUT2D eigenvalue weighted by Crippen LogP contribution is 2.30. The van der Waals surface area contributed by atoms with Crippen molar-refractivity contribution in [3.63, 3.8) is 0 Å². The molecule has 21 heavy (non-hydrogen) atoms. The highest BCUT2D eigenvalue weighted by atomic mass is 32.1. The second kappa shape index (κ2) is 5.95. The first-order valence-corrected chi connectivity index (χ1v) is 7.93. The minimum absolute atomic E-state index is 0.106. The number of thiophene rings is 1. The average molecular weight is 307 g/mol. The van der Waals surface area contributed by atoms with Gasteiger partial charge in [0.2, 0.25) is 17.6 Å². The molecule has 3 rings (SSSR count). The Hall–Kier alpha value is -1.73. The summed E-state index contributed by atoms with van der Waals surface area (Å²) in [6.45, 7) is 0.329. The van der Waals surface area contributed by atoms with E-state index in [1.165, 1.54) is 0 Å². The van der Waals surface area contributed by atoms with Crippen LogP contribution in [0.4, 0.5) is 0 Å². The number of hydrogen-bond acceptors (Lipinski definition) is 6. The largest absolute Gasteiger partial charge is 0.388 e. The summed E-state index contributed by atoms with van der Waals surface area (Å²) in [4.78, 5) is 16.0. The molecule has 0 radical (unpaired) electrons. The van der Waals surface area contributed by atoms with Crippen molar-refractivity contribution in [3.8, 4) is 11.4 Å². The summed E-state index contributed by atoms with van der Waals surface area (Å²) >= 11 is 1.57. The van der Waals surface area contributed by atoms with E-state index < -0.39 is 5.60 Å². The van der Waals surface area contributed by atoms with Gasteiger partial charge in [-0.25, -0.2) is 0 Å². The van der Waals surface area contributed by atoms with Crippen LogP contribution in [-0.4, -0.2) is 33.3 Å². The second-order valence-electron chi connectivity index (χ2n) is 5.38. The third-order valence-corrected chi connectivity index (χ3v) is 4.40. The number of amides is 1. The van der Waals surface area contributed by atoms with Crippen LogP contribution in [0.25, 0.3) is 11.4 Å². The van der Waals surface area contributed by atoms with Crippen molar-refractivity contribution in [2.45, 2.75) is 37.7 Å². The molecule has 2 heterocycles. The first-order valence-electron chi connectivity index (χ1n) is 6.99. The second-order valence-corrected chi connectivity index (χ2v) is 6.16. The maximum Gasteiger partial charge on any atom is 0.227 e. The molecule has 112 valence electrons. The van der Waals surface area contributed by atoms with Crippen LogP contribution in [0.5, 0.6) is 0 Å². The number of rotatable bonds is 6. The van der Waals surface area contributed by atoms with E-state index in [9.17, 15) is 9.90 Å². The zero-order chi connectivity index (χ0) is 14.7. The molecule has 0 aromatic carbocycles. The number of aromatic nitrogens is 2. The third-order valence-electron chi connectivity index (χ3n) is 3.71. The van der Waals surface area contributed by atoms with E-state index in [0.29, 0.717) is 24.7 Å². The van der Waals surface area contributed by atoms with Crippen molar-refractivity contribution in [2.75, 3.05) is 6.54 Å². The monoisotopic (exact) mass is 307 g/mol. The summed E-state index contributed by atoms with van der Waals surface area (Å²) in [5, 5.41) is 20.4. The van der Waals surface area contributed by atoms with E-state index in [2.05, 4.69) is 15.5 Å². The Morgan fingerprint density at radius 1 is 1.52 bits per heavy atom. The van der Waals surface area contributed by atoms with Crippen molar-refractivity contribution in [2.24, 2.45) is 0 Å². The summed E-state index contributed by atoms with van der Waals surface area (Å²) in [6.07, 6.45) is 3.24. The van der Waals surface area contributed by atoms with Crippen molar-refractivity contribution < 1.29 is 14.4 Å². The van der Waals surface area contributed by atoms with Gasteiger partial charge in [-0.05, 0) is 30.7 Å². The number of carbonyl (C=O) groups excluding carboxylic acids is 1. The number of nitrogens with zero attached hydrogens (tertiary/aromatic N) is 2. The van der Waals surface area contributed by atoms with Gasteiger partial charge in [0.05, 0.1) is 5.60 Å². The summed E-state index contributed by atoms with van der Waals surface area (Å²) in [5.41, 5.74) is 0.235. The van der Waals surface area contributed by atoms with Gasteiger partial charge in [0, 0.05) is 30.3 Å². The molecule has 1 amide bonds. The summed E-state index contributed by atoms with van der Waals surface area (Å²) in [6, 6.07) is 1.92. The lowest BCUT2D eigenvalue weighted by atomic mass is 9.80. The number of aryl methyl sites for hydroxylation is 1. The molecule has 6 nitrogen and oxygen atoms in total. The Labute approximate surface area is 126 Å². The van der Waals surface area contributed by atoms with Crippen molar-refractivity contribution in [1.29, 1.82) is 0 Å². The first-order chi connectivity index (χ1) is 10.1. The number of nitrogens with one attached hydrogen (secondary N) is 1. The molecule has 0 atom stereocenters. The van der Waals surface area contributed by atoms with Gasteiger partial charge in [-0.2, -0.15) is 16.3 Å². The Morgan fingerprint density at radius 3 is 3.05 bits per heavy atom. The molecule has 1 aliphatic carbocycles. The number of hydrogen-bond donors (Lipinski definition) is 2. The molecule has 0 aliphatic heterocycles. The van der Waals surface area contributed by atoms with Crippen LogP contribution >= 0.6 is 11.3 Å². The molecule has 0 saturated heterocycles. The van der Waals surface area contributed by atoms with Crippen LogP contribution in [0.1, 0.15) is 31.6 Å². The molecule has 2 N–H and O–H groups in total. The zero-order valence-corrected chi connectivity index (χ0v) is 12.4. The molecule has 0 bridgehead atoms. The fraction of sp³-hybridized carbons (Fsp3) is 0.500. The zero-order valence-electron chi connectivity index (χ0n) is 11.5. The molecule has 2 aromatic heterocycles. The van der Waals surface area contributed by atoms with Crippen LogP contribution in [-0.2, 0) is 11.2 Å². The highest BCUT2D eigenvalue weighted by Gasteiger charge is 2.34. The van der Waals surface area contributed by atoms with Crippen LogP contribution in [0.15, 0.2) is 21.3 Å². The lowest BCUT2D eigenvalue weighted by Gasteiger charge is -2.36. The van der Waals surface area contributed by atoms with E-state index in [0.717, 1.165) is 24.8 Å². The van der Waals surface area contributed by atoms with Crippen molar-refractivity contribution >= 4 is 17.2 Å². The predicted molar refractivity (Wildman–Crippen MR) is 77.7 cm³/mol. The molecule has 2 aromatic rings. The smallest absolute Gasteiger partial charge is 0.227 e. The maximum absolute atomic E-state index is 11.7. The molecule has 1 fully saturated rings. The summed E-state index contributed by atoms with van der Waals surface area (Å²) in [5.74, 6) is 0.898. The Bertz CT molecular complexity index is 605. The van der Waals surface area contributed by atoms with Crippen molar-refractivity contribution in [3.05, 3.63) is 22.7 Å². The van der Waals surface area contributed by atoms with Crippen LogP contribution in [0.3, 0.4) is 0 Å². The maximum atomic E-state index is 11.7. The lowest BCUT2D eigenvalue weighted by Crippen LogP contribution is -2.47.